The van der Waals surface area contributed by atoms with E-state index < -0.39 is 11.9 Å². The number of amides is 1. The number of nitrogens with one attached hydrogen (secondary N) is 1. The summed E-state index contributed by atoms with van der Waals surface area (Å²) in [6.07, 6.45) is 3.31. The van der Waals surface area contributed by atoms with Crippen molar-refractivity contribution in [2.45, 2.75) is 24.5 Å². The summed E-state index contributed by atoms with van der Waals surface area (Å²) in [5.41, 5.74) is 1.37. The molecule has 0 aromatic carbocycles. The lowest BCUT2D eigenvalue weighted by molar-refractivity contribution is -0.119. The summed E-state index contributed by atoms with van der Waals surface area (Å²) in [6, 6.07) is 3.83. The highest BCUT2D eigenvalue weighted by Crippen LogP contribution is 2.34. The number of rotatable bonds is 4. The van der Waals surface area contributed by atoms with Crippen LogP contribution in [0, 0.1) is 0 Å². The molecule has 3 aromatic rings. The Morgan fingerprint density at radius 2 is 2.28 bits per heavy atom. The maximum Gasteiger partial charge on any atom is 0.267 e. The van der Waals surface area contributed by atoms with E-state index in [0.717, 1.165) is 27.4 Å². The van der Waals surface area contributed by atoms with Crippen LogP contribution in [0.3, 0.4) is 0 Å². The lowest BCUT2D eigenvalue weighted by Crippen LogP contribution is -2.33. The van der Waals surface area contributed by atoms with Gasteiger partial charge in [0.1, 0.15) is 6.04 Å². The molecule has 4 rings (SSSR count). The Kier molecular flexibility index (Phi) is 3.88. The van der Waals surface area contributed by atoms with Gasteiger partial charge >= 0.3 is 0 Å². The van der Waals surface area contributed by atoms with E-state index in [1.54, 1.807) is 43.2 Å². The summed E-state index contributed by atoms with van der Waals surface area (Å²) in [4.78, 5) is 24.7. The monoisotopic (exact) mass is 358 g/mol. The SMILES string of the molecule is CC(C(=O)Nc1onc2c1CSC2)n1nc(-n2cccn2)ccc1=O. The molecule has 0 saturated heterocycles. The number of fused-ring (bicyclic) bond motifs is 1. The summed E-state index contributed by atoms with van der Waals surface area (Å²) in [7, 11) is 0. The zero-order chi connectivity index (χ0) is 17.4. The van der Waals surface area contributed by atoms with Gasteiger partial charge in [-0.15, -0.1) is 5.10 Å². The minimum Gasteiger partial charge on any atom is -0.338 e. The van der Waals surface area contributed by atoms with Gasteiger partial charge < -0.3 is 4.52 Å². The van der Waals surface area contributed by atoms with Crippen LogP contribution in [-0.2, 0) is 16.3 Å². The lowest BCUT2D eigenvalue weighted by Gasteiger charge is -2.14. The van der Waals surface area contributed by atoms with Gasteiger partial charge in [0.05, 0.1) is 11.3 Å². The molecule has 3 aromatic heterocycles. The molecule has 0 aliphatic carbocycles. The van der Waals surface area contributed by atoms with Crippen LogP contribution >= 0.6 is 11.8 Å². The molecule has 0 radical (unpaired) electrons. The van der Waals surface area contributed by atoms with Crippen molar-refractivity contribution >= 4 is 23.6 Å². The van der Waals surface area contributed by atoms with E-state index in [2.05, 4.69) is 20.7 Å². The average molecular weight is 358 g/mol. The molecule has 1 amide bonds. The van der Waals surface area contributed by atoms with Crippen molar-refractivity contribution in [3.63, 3.8) is 0 Å². The second-order valence-electron chi connectivity index (χ2n) is 5.52. The smallest absolute Gasteiger partial charge is 0.267 e. The number of hydrogen-bond donors (Lipinski definition) is 1. The van der Waals surface area contributed by atoms with Gasteiger partial charge in [0.2, 0.25) is 5.88 Å². The Morgan fingerprint density at radius 1 is 1.40 bits per heavy atom. The predicted octanol–water partition coefficient (Wildman–Crippen LogP) is 1.36. The fourth-order valence-corrected chi connectivity index (χ4v) is 3.52. The van der Waals surface area contributed by atoms with Crippen LogP contribution in [0.15, 0.2) is 39.9 Å². The highest BCUT2D eigenvalue weighted by atomic mass is 32.2. The van der Waals surface area contributed by atoms with E-state index in [0.29, 0.717) is 11.7 Å². The molecule has 1 aliphatic heterocycles. The molecular formula is C15H14N6O3S. The van der Waals surface area contributed by atoms with Gasteiger partial charge in [0.25, 0.3) is 11.5 Å². The van der Waals surface area contributed by atoms with Gasteiger partial charge in [-0.05, 0) is 19.1 Å². The van der Waals surface area contributed by atoms with Gasteiger partial charge in [0, 0.05) is 30.0 Å². The maximum atomic E-state index is 12.5. The quantitative estimate of drug-likeness (QED) is 0.750. The van der Waals surface area contributed by atoms with Crippen LogP contribution < -0.4 is 10.9 Å². The van der Waals surface area contributed by atoms with Crippen LogP contribution in [0.5, 0.6) is 0 Å². The van der Waals surface area contributed by atoms with Gasteiger partial charge in [-0.25, -0.2) is 9.36 Å². The van der Waals surface area contributed by atoms with E-state index in [1.807, 2.05) is 0 Å². The van der Waals surface area contributed by atoms with E-state index in [9.17, 15) is 9.59 Å². The molecule has 0 saturated carbocycles. The molecule has 1 atom stereocenters. The first-order valence-corrected chi connectivity index (χ1v) is 8.75. The van der Waals surface area contributed by atoms with E-state index in [-0.39, 0.29) is 5.56 Å². The van der Waals surface area contributed by atoms with Crippen molar-refractivity contribution in [2.24, 2.45) is 0 Å². The Hall–Kier alpha value is -2.88. The summed E-state index contributed by atoms with van der Waals surface area (Å²) in [5, 5.41) is 14.9. The largest absolute Gasteiger partial charge is 0.338 e. The third-order valence-corrected chi connectivity index (χ3v) is 4.86. The summed E-state index contributed by atoms with van der Waals surface area (Å²) < 4.78 is 7.83. The molecular weight excluding hydrogens is 344 g/mol. The lowest BCUT2D eigenvalue weighted by atomic mass is 10.2. The average Bonchev–Trinajstić information content (AvgIpc) is 3.34. The molecule has 0 spiro atoms. The molecule has 10 heteroatoms. The summed E-state index contributed by atoms with van der Waals surface area (Å²) in [6.45, 7) is 1.60. The first-order chi connectivity index (χ1) is 12.1. The van der Waals surface area contributed by atoms with Crippen LogP contribution in [-0.4, -0.2) is 30.6 Å². The fraction of sp³-hybridized carbons (Fsp3) is 0.267. The number of aromatic nitrogens is 5. The second kappa shape index (κ2) is 6.20. The summed E-state index contributed by atoms with van der Waals surface area (Å²) in [5.74, 6) is 1.91. The van der Waals surface area contributed by atoms with E-state index >= 15 is 0 Å². The fourth-order valence-electron chi connectivity index (χ4n) is 2.50. The molecule has 1 aliphatic rings. The number of nitrogens with zero attached hydrogens (tertiary/aromatic N) is 5. The number of carbonyl (C=O) groups excluding carboxylic acids is 1. The van der Waals surface area contributed by atoms with Crippen molar-refractivity contribution in [2.75, 3.05) is 5.32 Å². The highest BCUT2D eigenvalue weighted by Gasteiger charge is 2.25. The van der Waals surface area contributed by atoms with Gasteiger partial charge in [-0.2, -0.15) is 16.9 Å². The second-order valence-corrected chi connectivity index (χ2v) is 6.51. The van der Waals surface area contributed by atoms with Crippen molar-refractivity contribution in [3.05, 3.63) is 52.2 Å². The van der Waals surface area contributed by atoms with Crippen LogP contribution in [0.2, 0.25) is 0 Å². The molecule has 128 valence electrons. The van der Waals surface area contributed by atoms with Crippen LogP contribution in [0.4, 0.5) is 5.88 Å². The van der Waals surface area contributed by atoms with Crippen molar-refractivity contribution in [1.82, 2.24) is 24.7 Å². The molecule has 0 bridgehead atoms. The Bertz CT molecular complexity index is 978. The molecule has 4 heterocycles. The summed E-state index contributed by atoms with van der Waals surface area (Å²) >= 11 is 1.71. The van der Waals surface area contributed by atoms with Crippen molar-refractivity contribution in [1.29, 1.82) is 0 Å². The first kappa shape index (κ1) is 15.6. The van der Waals surface area contributed by atoms with Gasteiger partial charge in [-0.3, -0.25) is 14.9 Å². The predicted molar refractivity (Wildman–Crippen MR) is 90.5 cm³/mol. The van der Waals surface area contributed by atoms with Crippen molar-refractivity contribution < 1.29 is 9.32 Å². The molecule has 1 unspecified atom stereocenters. The Balaban J connectivity index is 1.59. The number of carbonyl (C=O) groups is 1. The third-order valence-electron chi connectivity index (χ3n) is 3.89. The van der Waals surface area contributed by atoms with E-state index in [1.165, 1.54) is 10.7 Å². The third kappa shape index (κ3) is 2.84. The number of anilines is 1. The zero-order valence-electron chi connectivity index (χ0n) is 13.2. The number of thioether (sulfide) groups is 1. The molecule has 9 nitrogen and oxygen atoms in total. The standard InChI is InChI=1S/C15H14N6O3S/c1-9(14(23)17-15-10-7-25-8-11(10)19-24-15)21-13(22)4-3-12(18-21)20-6-2-5-16-20/h2-6,9H,7-8H2,1H3,(H,17,23). The zero-order valence-corrected chi connectivity index (χ0v) is 14.1. The van der Waals surface area contributed by atoms with Gasteiger partial charge in [-0.1, -0.05) is 5.16 Å². The highest BCUT2D eigenvalue weighted by molar-refractivity contribution is 7.98. The van der Waals surface area contributed by atoms with Crippen molar-refractivity contribution in [3.8, 4) is 5.82 Å². The Morgan fingerprint density at radius 3 is 3.08 bits per heavy atom. The molecule has 25 heavy (non-hydrogen) atoms. The number of hydrogen-bond acceptors (Lipinski definition) is 7. The topological polar surface area (TPSA) is 108 Å². The molecule has 0 fully saturated rings. The Labute approximate surface area is 146 Å². The first-order valence-electron chi connectivity index (χ1n) is 7.59. The van der Waals surface area contributed by atoms with E-state index in [4.69, 9.17) is 4.52 Å². The molecule has 1 N–H and O–H groups in total. The normalized spacial score (nSPS) is 14.3. The van der Waals surface area contributed by atoms with Gasteiger partial charge in [0.15, 0.2) is 5.82 Å². The minimum atomic E-state index is -0.821. The van der Waals surface area contributed by atoms with Crippen LogP contribution in [0.25, 0.3) is 5.82 Å². The maximum absolute atomic E-state index is 12.5. The van der Waals surface area contributed by atoms with Crippen LogP contribution in [0.1, 0.15) is 24.2 Å². The minimum absolute atomic E-state index is 0.341.